The molecule has 0 bridgehead atoms. The van der Waals surface area contributed by atoms with Crippen molar-refractivity contribution in [3.05, 3.63) is 59.1 Å². The van der Waals surface area contributed by atoms with Crippen LogP contribution < -0.4 is 10.6 Å². The highest BCUT2D eigenvalue weighted by Crippen LogP contribution is 2.57. The Morgan fingerprint density at radius 1 is 1.23 bits per heavy atom. The van der Waals surface area contributed by atoms with E-state index in [0.29, 0.717) is 11.5 Å². The number of piperidine rings is 1. The SMILES string of the molecule is Fc1c(Cl)cccc1Nc1ncnc2ccc(C34CNCCC3C4)cc12. The highest BCUT2D eigenvalue weighted by molar-refractivity contribution is 6.31. The number of fused-ring (bicyclic) bond motifs is 2. The number of anilines is 2. The zero-order chi connectivity index (χ0) is 17.7. The number of hydrogen-bond donors (Lipinski definition) is 2. The average Bonchev–Trinajstić information content (AvgIpc) is 3.41. The molecular formula is C20H18ClFN4. The van der Waals surface area contributed by atoms with Crippen LogP contribution in [0.1, 0.15) is 18.4 Å². The molecule has 26 heavy (non-hydrogen) atoms. The summed E-state index contributed by atoms with van der Waals surface area (Å²) in [4.78, 5) is 8.71. The molecule has 0 spiro atoms. The van der Waals surface area contributed by atoms with Crippen LogP contribution >= 0.6 is 11.6 Å². The number of halogens is 2. The number of rotatable bonds is 3. The van der Waals surface area contributed by atoms with Gasteiger partial charge in [0.25, 0.3) is 0 Å². The fourth-order valence-electron chi connectivity index (χ4n) is 4.21. The molecular weight excluding hydrogens is 351 g/mol. The number of benzene rings is 2. The van der Waals surface area contributed by atoms with Gasteiger partial charge in [0.15, 0.2) is 5.82 Å². The zero-order valence-corrected chi connectivity index (χ0v) is 14.9. The number of nitrogens with zero attached hydrogens (tertiary/aromatic N) is 2. The van der Waals surface area contributed by atoms with Crippen LogP contribution in [0.3, 0.4) is 0 Å². The molecule has 132 valence electrons. The van der Waals surface area contributed by atoms with Gasteiger partial charge in [0.2, 0.25) is 0 Å². The zero-order valence-electron chi connectivity index (χ0n) is 14.1. The van der Waals surface area contributed by atoms with Crippen LogP contribution in [0.2, 0.25) is 5.02 Å². The van der Waals surface area contributed by atoms with E-state index in [1.807, 2.05) is 6.07 Å². The van der Waals surface area contributed by atoms with Gasteiger partial charge in [0, 0.05) is 17.3 Å². The molecule has 1 saturated carbocycles. The summed E-state index contributed by atoms with van der Waals surface area (Å²) < 4.78 is 14.3. The molecule has 1 saturated heterocycles. The minimum Gasteiger partial charge on any atom is -0.337 e. The van der Waals surface area contributed by atoms with E-state index in [9.17, 15) is 4.39 Å². The van der Waals surface area contributed by atoms with Gasteiger partial charge in [-0.25, -0.2) is 14.4 Å². The predicted molar refractivity (Wildman–Crippen MR) is 102 cm³/mol. The fraction of sp³-hybridized carbons (Fsp3) is 0.300. The maximum atomic E-state index is 14.3. The first-order valence-corrected chi connectivity index (χ1v) is 9.22. The molecule has 2 aliphatic rings. The lowest BCUT2D eigenvalue weighted by Gasteiger charge is -2.24. The lowest BCUT2D eigenvalue weighted by atomic mass is 9.89. The number of nitrogens with one attached hydrogen (secondary N) is 2. The van der Waals surface area contributed by atoms with Crippen molar-refractivity contribution in [2.24, 2.45) is 5.92 Å². The summed E-state index contributed by atoms with van der Waals surface area (Å²) in [7, 11) is 0. The number of hydrogen-bond acceptors (Lipinski definition) is 4. The molecule has 1 aliphatic carbocycles. The van der Waals surface area contributed by atoms with Crippen LogP contribution in [-0.2, 0) is 5.41 Å². The predicted octanol–water partition coefficient (Wildman–Crippen LogP) is 4.42. The summed E-state index contributed by atoms with van der Waals surface area (Å²) in [6.07, 6.45) is 3.94. The Morgan fingerprint density at radius 3 is 3.04 bits per heavy atom. The largest absolute Gasteiger partial charge is 0.337 e. The van der Waals surface area contributed by atoms with E-state index in [1.54, 1.807) is 12.1 Å². The standard InChI is InChI=1S/C20H18ClFN4/c21-15-2-1-3-17(18(15)22)26-19-14-8-12(4-5-16(14)24-11-25-19)20-9-13(20)6-7-23-10-20/h1-5,8,11,13,23H,6-7,9-10H2,(H,24,25,26). The van der Waals surface area contributed by atoms with E-state index in [-0.39, 0.29) is 10.4 Å². The van der Waals surface area contributed by atoms with Crippen molar-refractivity contribution in [1.29, 1.82) is 0 Å². The molecule has 2 atom stereocenters. The van der Waals surface area contributed by atoms with Crippen molar-refractivity contribution in [2.45, 2.75) is 18.3 Å². The van der Waals surface area contributed by atoms with E-state index in [0.717, 1.165) is 29.9 Å². The van der Waals surface area contributed by atoms with Crippen LogP contribution in [0, 0.1) is 11.7 Å². The van der Waals surface area contributed by atoms with E-state index < -0.39 is 5.82 Å². The van der Waals surface area contributed by atoms with Gasteiger partial charge < -0.3 is 10.6 Å². The van der Waals surface area contributed by atoms with Crippen LogP contribution in [0.15, 0.2) is 42.7 Å². The van der Waals surface area contributed by atoms with Crippen LogP contribution in [-0.4, -0.2) is 23.1 Å². The van der Waals surface area contributed by atoms with E-state index >= 15 is 0 Å². The Morgan fingerprint density at radius 2 is 2.15 bits per heavy atom. The second-order valence-electron chi connectivity index (χ2n) is 7.20. The summed E-state index contributed by atoms with van der Waals surface area (Å²) in [5.41, 5.74) is 2.70. The molecule has 2 N–H and O–H groups in total. The van der Waals surface area contributed by atoms with Gasteiger partial charge in [-0.05, 0) is 55.1 Å². The van der Waals surface area contributed by atoms with Crippen molar-refractivity contribution in [1.82, 2.24) is 15.3 Å². The summed E-state index contributed by atoms with van der Waals surface area (Å²) in [6, 6.07) is 11.3. The fourth-order valence-corrected chi connectivity index (χ4v) is 4.39. The second kappa shape index (κ2) is 5.89. The normalized spacial score (nSPS) is 24.3. The topological polar surface area (TPSA) is 49.8 Å². The monoisotopic (exact) mass is 368 g/mol. The summed E-state index contributed by atoms with van der Waals surface area (Å²) >= 11 is 5.89. The third-order valence-corrected chi connectivity index (χ3v) is 6.05. The molecule has 3 aromatic rings. The smallest absolute Gasteiger partial charge is 0.165 e. The molecule has 4 nitrogen and oxygen atoms in total. The Kier molecular flexibility index (Phi) is 3.62. The Hall–Kier alpha value is -2.24. The van der Waals surface area contributed by atoms with Crippen LogP contribution in [0.25, 0.3) is 10.9 Å². The van der Waals surface area contributed by atoms with Crippen molar-refractivity contribution >= 4 is 34.0 Å². The van der Waals surface area contributed by atoms with Gasteiger partial charge in [0.05, 0.1) is 16.2 Å². The first-order valence-electron chi connectivity index (χ1n) is 8.84. The van der Waals surface area contributed by atoms with E-state index in [4.69, 9.17) is 11.6 Å². The summed E-state index contributed by atoms with van der Waals surface area (Å²) in [5, 5.41) is 7.59. The van der Waals surface area contributed by atoms with Crippen LogP contribution in [0.5, 0.6) is 0 Å². The van der Waals surface area contributed by atoms with Gasteiger partial charge >= 0.3 is 0 Å². The van der Waals surface area contributed by atoms with E-state index in [1.165, 1.54) is 30.8 Å². The molecule has 2 heterocycles. The first kappa shape index (κ1) is 16.0. The number of aromatic nitrogens is 2. The quantitative estimate of drug-likeness (QED) is 0.718. The van der Waals surface area contributed by atoms with Crippen molar-refractivity contribution in [3.8, 4) is 0 Å². The molecule has 2 aromatic carbocycles. The van der Waals surface area contributed by atoms with Crippen molar-refractivity contribution in [3.63, 3.8) is 0 Å². The van der Waals surface area contributed by atoms with Crippen molar-refractivity contribution < 1.29 is 4.39 Å². The molecule has 6 heteroatoms. The van der Waals surface area contributed by atoms with Gasteiger partial charge in [0.1, 0.15) is 12.1 Å². The maximum absolute atomic E-state index is 14.3. The highest BCUT2D eigenvalue weighted by atomic mass is 35.5. The minimum absolute atomic E-state index is 0.0852. The van der Waals surface area contributed by atoms with Crippen LogP contribution in [0.4, 0.5) is 15.9 Å². The molecule has 2 fully saturated rings. The Bertz CT molecular complexity index is 1010. The Labute approximate surface area is 155 Å². The molecule has 1 aromatic heterocycles. The van der Waals surface area contributed by atoms with Gasteiger partial charge in [-0.1, -0.05) is 23.7 Å². The van der Waals surface area contributed by atoms with Gasteiger partial charge in [-0.3, -0.25) is 0 Å². The van der Waals surface area contributed by atoms with Crippen molar-refractivity contribution in [2.75, 3.05) is 18.4 Å². The first-order chi connectivity index (χ1) is 12.7. The Balaban J connectivity index is 1.58. The molecule has 2 unspecified atom stereocenters. The molecule has 5 rings (SSSR count). The summed E-state index contributed by atoms with van der Waals surface area (Å²) in [6.45, 7) is 2.12. The lowest BCUT2D eigenvalue weighted by Crippen LogP contribution is -2.34. The molecule has 0 radical (unpaired) electrons. The van der Waals surface area contributed by atoms with E-state index in [2.05, 4.69) is 32.7 Å². The third kappa shape index (κ3) is 2.46. The van der Waals surface area contributed by atoms with Gasteiger partial charge in [-0.2, -0.15) is 0 Å². The minimum atomic E-state index is -0.477. The molecule has 0 amide bonds. The average molecular weight is 369 g/mol. The lowest BCUT2D eigenvalue weighted by molar-refractivity contribution is 0.447. The molecule has 1 aliphatic heterocycles. The highest BCUT2D eigenvalue weighted by Gasteiger charge is 2.55. The second-order valence-corrected chi connectivity index (χ2v) is 7.61. The maximum Gasteiger partial charge on any atom is 0.165 e. The summed E-state index contributed by atoms with van der Waals surface area (Å²) in [5.74, 6) is 0.873. The van der Waals surface area contributed by atoms with Gasteiger partial charge in [-0.15, -0.1) is 0 Å². The third-order valence-electron chi connectivity index (χ3n) is 5.76.